The molecule has 3 nitrogen and oxygen atoms in total. The number of rotatable bonds is 4. The number of nitrogens with one attached hydrogen (secondary N) is 1. The van der Waals surface area contributed by atoms with E-state index in [0.29, 0.717) is 12.3 Å². The number of aryl methyl sites for hydroxylation is 1. The zero-order chi connectivity index (χ0) is 14.7. The number of fused-ring (bicyclic) bond motifs is 1. The molecule has 0 atom stereocenters. The number of hydrogen-bond donors (Lipinski definition) is 1. The quantitative estimate of drug-likeness (QED) is 0.791. The SMILES string of the molecule is Cc1ccc(CCNC(=O)c2cc3ccccc3o2)cc1. The molecule has 0 aliphatic heterocycles. The van der Waals surface area contributed by atoms with Gasteiger partial charge in [0.05, 0.1) is 0 Å². The molecule has 0 fully saturated rings. The lowest BCUT2D eigenvalue weighted by molar-refractivity contribution is 0.0928. The van der Waals surface area contributed by atoms with Gasteiger partial charge in [-0.05, 0) is 31.0 Å². The Balaban J connectivity index is 1.60. The second kappa shape index (κ2) is 5.83. The zero-order valence-corrected chi connectivity index (χ0v) is 11.9. The number of carbonyl (C=O) groups excluding carboxylic acids is 1. The van der Waals surface area contributed by atoms with Crippen LogP contribution in [0.15, 0.2) is 59.0 Å². The largest absolute Gasteiger partial charge is 0.451 e. The molecule has 21 heavy (non-hydrogen) atoms. The van der Waals surface area contributed by atoms with Gasteiger partial charge in [0, 0.05) is 11.9 Å². The Morgan fingerprint density at radius 2 is 1.86 bits per heavy atom. The van der Waals surface area contributed by atoms with Crippen molar-refractivity contribution in [3.63, 3.8) is 0 Å². The Bertz CT molecular complexity index is 723. The fraction of sp³-hybridized carbons (Fsp3) is 0.167. The van der Waals surface area contributed by atoms with Gasteiger partial charge in [0.1, 0.15) is 5.58 Å². The number of amides is 1. The first-order chi connectivity index (χ1) is 10.2. The molecule has 1 amide bonds. The first kappa shape index (κ1) is 13.4. The Kier molecular flexibility index (Phi) is 3.73. The van der Waals surface area contributed by atoms with Gasteiger partial charge in [-0.1, -0.05) is 48.0 Å². The average Bonchev–Trinajstić information content (AvgIpc) is 2.93. The maximum Gasteiger partial charge on any atom is 0.287 e. The van der Waals surface area contributed by atoms with Gasteiger partial charge in [-0.3, -0.25) is 4.79 Å². The van der Waals surface area contributed by atoms with E-state index in [9.17, 15) is 4.79 Å². The van der Waals surface area contributed by atoms with Gasteiger partial charge in [0.15, 0.2) is 5.76 Å². The van der Waals surface area contributed by atoms with Crippen LogP contribution in [0.5, 0.6) is 0 Å². The van der Waals surface area contributed by atoms with E-state index in [2.05, 4.69) is 36.5 Å². The fourth-order valence-electron chi connectivity index (χ4n) is 2.26. The van der Waals surface area contributed by atoms with Crippen molar-refractivity contribution in [1.29, 1.82) is 0 Å². The normalized spacial score (nSPS) is 10.7. The second-order valence-corrected chi connectivity index (χ2v) is 5.14. The van der Waals surface area contributed by atoms with Gasteiger partial charge in [-0.2, -0.15) is 0 Å². The van der Waals surface area contributed by atoms with Gasteiger partial charge >= 0.3 is 0 Å². The van der Waals surface area contributed by atoms with Crippen LogP contribution in [0.25, 0.3) is 11.0 Å². The van der Waals surface area contributed by atoms with E-state index in [0.717, 1.165) is 17.4 Å². The molecule has 3 rings (SSSR count). The zero-order valence-electron chi connectivity index (χ0n) is 11.9. The maximum absolute atomic E-state index is 12.1. The number of benzene rings is 2. The molecular weight excluding hydrogens is 262 g/mol. The van der Waals surface area contributed by atoms with E-state index < -0.39 is 0 Å². The van der Waals surface area contributed by atoms with Crippen molar-refractivity contribution < 1.29 is 9.21 Å². The Morgan fingerprint density at radius 3 is 2.62 bits per heavy atom. The number of hydrogen-bond acceptors (Lipinski definition) is 2. The molecule has 0 bridgehead atoms. The molecule has 0 saturated heterocycles. The summed E-state index contributed by atoms with van der Waals surface area (Å²) in [7, 11) is 0. The summed E-state index contributed by atoms with van der Waals surface area (Å²) in [6, 6.07) is 17.7. The maximum atomic E-state index is 12.1. The highest BCUT2D eigenvalue weighted by atomic mass is 16.3. The summed E-state index contributed by atoms with van der Waals surface area (Å²) in [5.41, 5.74) is 3.19. The van der Waals surface area contributed by atoms with Crippen LogP contribution in [0.4, 0.5) is 0 Å². The van der Waals surface area contributed by atoms with Crippen molar-refractivity contribution in [1.82, 2.24) is 5.32 Å². The van der Waals surface area contributed by atoms with E-state index in [-0.39, 0.29) is 5.91 Å². The summed E-state index contributed by atoms with van der Waals surface area (Å²) in [5.74, 6) is 0.193. The highest BCUT2D eigenvalue weighted by molar-refractivity contribution is 5.96. The van der Waals surface area contributed by atoms with Gasteiger partial charge in [0.25, 0.3) is 5.91 Å². The van der Waals surface area contributed by atoms with E-state index in [1.54, 1.807) is 6.07 Å². The molecule has 1 aromatic heterocycles. The van der Waals surface area contributed by atoms with Crippen molar-refractivity contribution >= 4 is 16.9 Å². The highest BCUT2D eigenvalue weighted by Crippen LogP contribution is 2.18. The van der Waals surface area contributed by atoms with Crippen LogP contribution in [0.3, 0.4) is 0 Å². The monoisotopic (exact) mass is 279 g/mol. The molecule has 0 aliphatic carbocycles. The second-order valence-electron chi connectivity index (χ2n) is 5.14. The third-order valence-corrected chi connectivity index (χ3v) is 3.47. The molecule has 1 N–H and O–H groups in total. The van der Waals surface area contributed by atoms with E-state index in [1.165, 1.54) is 11.1 Å². The number of para-hydroxylation sites is 1. The minimum Gasteiger partial charge on any atom is -0.451 e. The van der Waals surface area contributed by atoms with Crippen molar-refractivity contribution in [2.75, 3.05) is 6.54 Å². The Morgan fingerprint density at radius 1 is 1.10 bits per heavy atom. The topological polar surface area (TPSA) is 42.2 Å². The van der Waals surface area contributed by atoms with E-state index in [4.69, 9.17) is 4.42 Å². The van der Waals surface area contributed by atoms with Crippen LogP contribution in [-0.2, 0) is 6.42 Å². The summed E-state index contributed by atoms with van der Waals surface area (Å²) in [5, 5.41) is 3.84. The standard InChI is InChI=1S/C18H17NO2/c1-13-6-8-14(9-7-13)10-11-19-18(20)17-12-15-4-2-3-5-16(15)21-17/h2-9,12H,10-11H2,1H3,(H,19,20). The van der Waals surface area contributed by atoms with Crippen LogP contribution >= 0.6 is 0 Å². The molecule has 0 spiro atoms. The molecule has 0 unspecified atom stereocenters. The predicted octanol–water partition coefficient (Wildman–Crippen LogP) is 3.71. The summed E-state index contributed by atoms with van der Waals surface area (Å²) >= 11 is 0. The molecule has 3 aromatic rings. The lowest BCUT2D eigenvalue weighted by Gasteiger charge is -2.04. The van der Waals surface area contributed by atoms with Crippen LogP contribution < -0.4 is 5.32 Å². The summed E-state index contributed by atoms with van der Waals surface area (Å²) in [6.45, 7) is 2.66. The van der Waals surface area contributed by atoms with Crippen LogP contribution in [0.1, 0.15) is 21.7 Å². The highest BCUT2D eigenvalue weighted by Gasteiger charge is 2.11. The molecule has 0 aliphatic rings. The van der Waals surface area contributed by atoms with Crippen LogP contribution in [-0.4, -0.2) is 12.5 Å². The number of furan rings is 1. The van der Waals surface area contributed by atoms with Crippen molar-refractivity contribution in [3.8, 4) is 0 Å². The molecule has 3 heteroatoms. The average molecular weight is 279 g/mol. The summed E-state index contributed by atoms with van der Waals surface area (Å²) < 4.78 is 5.54. The predicted molar refractivity (Wildman–Crippen MR) is 83.4 cm³/mol. The Hall–Kier alpha value is -2.55. The summed E-state index contributed by atoms with van der Waals surface area (Å²) in [4.78, 5) is 12.1. The summed E-state index contributed by atoms with van der Waals surface area (Å²) in [6.07, 6.45) is 0.812. The first-order valence-corrected chi connectivity index (χ1v) is 7.05. The third kappa shape index (κ3) is 3.14. The molecule has 1 heterocycles. The molecule has 0 radical (unpaired) electrons. The van der Waals surface area contributed by atoms with Gasteiger partial charge in [-0.25, -0.2) is 0 Å². The lowest BCUT2D eigenvalue weighted by atomic mass is 10.1. The number of carbonyl (C=O) groups is 1. The third-order valence-electron chi connectivity index (χ3n) is 3.47. The van der Waals surface area contributed by atoms with Crippen LogP contribution in [0, 0.1) is 6.92 Å². The van der Waals surface area contributed by atoms with Gasteiger partial charge in [0.2, 0.25) is 0 Å². The van der Waals surface area contributed by atoms with Crippen LogP contribution in [0.2, 0.25) is 0 Å². The van der Waals surface area contributed by atoms with Gasteiger partial charge < -0.3 is 9.73 Å². The molecule has 2 aromatic carbocycles. The van der Waals surface area contributed by atoms with Crippen molar-refractivity contribution in [2.24, 2.45) is 0 Å². The minimum atomic E-state index is -0.168. The minimum absolute atomic E-state index is 0.168. The van der Waals surface area contributed by atoms with Gasteiger partial charge in [-0.15, -0.1) is 0 Å². The smallest absolute Gasteiger partial charge is 0.287 e. The lowest BCUT2D eigenvalue weighted by Crippen LogP contribution is -2.25. The molecular formula is C18H17NO2. The van der Waals surface area contributed by atoms with Crippen molar-refractivity contribution in [3.05, 3.63) is 71.5 Å². The van der Waals surface area contributed by atoms with E-state index >= 15 is 0 Å². The first-order valence-electron chi connectivity index (χ1n) is 7.05. The molecule has 106 valence electrons. The Labute approximate surface area is 123 Å². The fourth-order valence-corrected chi connectivity index (χ4v) is 2.26. The molecule has 0 saturated carbocycles. The van der Waals surface area contributed by atoms with E-state index in [1.807, 2.05) is 24.3 Å². The van der Waals surface area contributed by atoms with Crippen molar-refractivity contribution in [2.45, 2.75) is 13.3 Å².